The highest BCUT2D eigenvalue weighted by atomic mass is 32.2. The van der Waals surface area contributed by atoms with E-state index in [2.05, 4.69) is 38.2 Å². The minimum absolute atomic E-state index is 0.00450. The SMILES string of the molecule is Cc1cc(C)c([C@H](C)NC(=O)CCc2ccc(S(=O)(=O)N3CCCCC3)cc2)cc1C. The van der Waals surface area contributed by atoms with E-state index in [9.17, 15) is 13.2 Å². The number of benzene rings is 2. The van der Waals surface area contributed by atoms with Crippen molar-refractivity contribution in [1.29, 1.82) is 0 Å². The van der Waals surface area contributed by atoms with Gasteiger partial charge in [-0.3, -0.25) is 4.79 Å². The van der Waals surface area contributed by atoms with Crippen molar-refractivity contribution >= 4 is 15.9 Å². The second-order valence-electron chi connectivity index (χ2n) is 8.69. The average Bonchev–Trinajstić information content (AvgIpc) is 2.75. The van der Waals surface area contributed by atoms with Crippen LogP contribution in [0.5, 0.6) is 0 Å². The molecule has 168 valence electrons. The fraction of sp³-hybridized carbons (Fsp3) is 0.480. The van der Waals surface area contributed by atoms with Gasteiger partial charge in [0.1, 0.15) is 0 Å². The van der Waals surface area contributed by atoms with Crippen LogP contribution in [0.1, 0.15) is 66.5 Å². The summed E-state index contributed by atoms with van der Waals surface area (Å²) >= 11 is 0. The van der Waals surface area contributed by atoms with E-state index >= 15 is 0 Å². The molecule has 0 aliphatic carbocycles. The number of aryl methyl sites for hydroxylation is 4. The van der Waals surface area contributed by atoms with Crippen LogP contribution < -0.4 is 5.32 Å². The van der Waals surface area contributed by atoms with Crippen LogP contribution in [0.4, 0.5) is 0 Å². The normalized spacial score (nSPS) is 16.1. The second-order valence-corrected chi connectivity index (χ2v) is 10.6. The van der Waals surface area contributed by atoms with Crippen molar-refractivity contribution in [2.45, 2.75) is 70.7 Å². The third-order valence-corrected chi connectivity index (χ3v) is 8.16. The lowest BCUT2D eigenvalue weighted by Crippen LogP contribution is -2.35. The molecule has 1 heterocycles. The molecule has 1 fully saturated rings. The van der Waals surface area contributed by atoms with E-state index in [0.29, 0.717) is 30.8 Å². The molecule has 0 bridgehead atoms. The summed E-state index contributed by atoms with van der Waals surface area (Å²) in [5, 5.41) is 3.09. The Morgan fingerprint density at radius 2 is 1.58 bits per heavy atom. The first-order chi connectivity index (χ1) is 14.7. The number of sulfonamides is 1. The van der Waals surface area contributed by atoms with E-state index in [-0.39, 0.29) is 11.9 Å². The maximum absolute atomic E-state index is 12.8. The Hall–Kier alpha value is -2.18. The van der Waals surface area contributed by atoms with Crippen LogP contribution in [-0.4, -0.2) is 31.7 Å². The number of carbonyl (C=O) groups excluding carboxylic acids is 1. The zero-order valence-corrected chi connectivity index (χ0v) is 19.9. The summed E-state index contributed by atoms with van der Waals surface area (Å²) in [6, 6.07) is 11.2. The lowest BCUT2D eigenvalue weighted by atomic mass is 9.96. The molecule has 0 saturated carbocycles. The van der Waals surface area contributed by atoms with Gasteiger partial charge in [-0.1, -0.05) is 30.7 Å². The Labute approximate surface area is 186 Å². The van der Waals surface area contributed by atoms with Crippen LogP contribution in [0.2, 0.25) is 0 Å². The number of carbonyl (C=O) groups is 1. The van der Waals surface area contributed by atoms with Gasteiger partial charge < -0.3 is 5.32 Å². The van der Waals surface area contributed by atoms with E-state index in [0.717, 1.165) is 30.4 Å². The molecule has 2 aromatic carbocycles. The maximum Gasteiger partial charge on any atom is 0.243 e. The summed E-state index contributed by atoms with van der Waals surface area (Å²) in [5.74, 6) is -0.00450. The van der Waals surface area contributed by atoms with Gasteiger partial charge in [0.15, 0.2) is 0 Å². The Morgan fingerprint density at radius 1 is 0.968 bits per heavy atom. The van der Waals surface area contributed by atoms with Crippen molar-refractivity contribution in [3.63, 3.8) is 0 Å². The molecule has 3 rings (SSSR count). The van der Waals surface area contributed by atoms with E-state index in [1.165, 1.54) is 16.7 Å². The molecule has 2 aromatic rings. The summed E-state index contributed by atoms with van der Waals surface area (Å²) in [6.45, 7) is 9.46. The van der Waals surface area contributed by atoms with Crippen molar-refractivity contribution in [3.8, 4) is 0 Å². The third-order valence-electron chi connectivity index (χ3n) is 6.24. The first kappa shape index (κ1) is 23.5. The molecule has 0 radical (unpaired) electrons. The Bertz CT molecular complexity index is 1020. The quantitative estimate of drug-likeness (QED) is 0.682. The molecular weight excluding hydrogens is 408 g/mol. The number of piperidine rings is 1. The van der Waals surface area contributed by atoms with Crippen molar-refractivity contribution in [1.82, 2.24) is 9.62 Å². The largest absolute Gasteiger partial charge is 0.350 e. The van der Waals surface area contributed by atoms with Gasteiger partial charge >= 0.3 is 0 Å². The summed E-state index contributed by atoms with van der Waals surface area (Å²) < 4.78 is 27.1. The minimum atomic E-state index is -3.41. The molecule has 0 unspecified atom stereocenters. The molecule has 1 N–H and O–H groups in total. The van der Waals surface area contributed by atoms with Crippen molar-refractivity contribution in [3.05, 3.63) is 64.2 Å². The third kappa shape index (κ3) is 5.74. The van der Waals surface area contributed by atoms with Crippen molar-refractivity contribution in [2.24, 2.45) is 0 Å². The minimum Gasteiger partial charge on any atom is -0.350 e. The zero-order valence-electron chi connectivity index (χ0n) is 19.1. The predicted octanol–water partition coefficient (Wildman–Crippen LogP) is 4.60. The van der Waals surface area contributed by atoms with Crippen LogP contribution in [0.3, 0.4) is 0 Å². The maximum atomic E-state index is 12.8. The number of amides is 1. The number of hydrogen-bond donors (Lipinski definition) is 1. The van der Waals surface area contributed by atoms with Gasteiger partial charge in [0, 0.05) is 19.5 Å². The highest BCUT2D eigenvalue weighted by Gasteiger charge is 2.25. The second kappa shape index (κ2) is 9.96. The lowest BCUT2D eigenvalue weighted by molar-refractivity contribution is -0.121. The van der Waals surface area contributed by atoms with Crippen molar-refractivity contribution in [2.75, 3.05) is 13.1 Å². The number of rotatable bonds is 7. The Balaban J connectivity index is 1.56. The molecular formula is C25H34N2O3S. The van der Waals surface area contributed by atoms with Crippen molar-refractivity contribution < 1.29 is 13.2 Å². The van der Waals surface area contributed by atoms with Gasteiger partial charge in [-0.2, -0.15) is 4.31 Å². The first-order valence-corrected chi connectivity index (χ1v) is 12.6. The van der Waals surface area contributed by atoms with Gasteiger partial charge in [-0.05, 0) is 86.9 Å². The van der Waals surface area contributed by atoms with Gasteiger partial charge in [-0.25, -0.2) is 8.42 Å². The van der Waals surface area contributed by atoms with E-state index in [4.69, 9.17) is 0 Å². The number of nitrogens with zero attached hydrogens (tertiary/aromatic N) is 1. The van der Waals surface area contributed by atoms with Crippen LogP contribution in [0.25, 0.3) is 0 Å². The average molecular weight is 443 g/mol. The van der Waals surface area contributed by atoms with Crippen LogP contribution >= 0.6 is 0 Å². The molecule has 1 aliphatic heterocycles. The molecule has 1 saturated heterocycles. The summed E-state index contributed by atoms with van der Waals surface area (Å²) in [4.78, 5) is 12.8. The molecule has 1 atom stereocenters. The molecule has 5 nitrogen and oxygen atoms in total. The highest BCUT2D eigenvalue weighted by Crippen LogP contribution is 2.23. The van der Waals surface area contributed by atoms with E-state index < -0.39 is 10.0 Å². The first-order valence-electron chi connectivity index (χ1n) is 11.1. The highest BCUT2D eigenvalue weighted by molar-refractivity contribution is 7.89. The molecule has 31 heavy (non-hydrogen) atoms. The Morgan fingerprint density at radius 3 is 2.23 bits per heavy atom. The van der Waals surface area contributed by atoms with Gasteiger partial charge in [-0.15, -0.1) is 0 Å². The standard InChI is InChI=1S/C25H34N2O3S/c1-18-16-20(3)24(17-19(18)2)21(4)26-25(28)13-10-22-8-11-23(12-9-22)31(29,30)27-14-6-5-7-15-27/h8-9,11-12,16-17,21H,5-7,10,13-15H2,1-4H3,(H,26,28)/t21-/m0/s1. The lowest BCUT2D eigenvalue weighted by Gasteiger charge is -2.25. The molecule has 0 spiro atoms. The molecule has 0 aromatic heterocycles. The van der Waals surface area contributed by atoms with Gasteiger partial charge in [0.25, 0.3) is 0 Å². The summed E-state index contributed by atoms with van der Waals surface area (Å²) in [5.41, 5.74) is 5.76. The van der Waals surface area contributed by atoms with Crippen LogP contribution in [-0.2, 0) is 21.2 Å². The van der Waals surface area contributed by atoms with Gasteiger partial charge in [0.05, 0.1) is 10.9 Å². The summed E-state index contributed by atoms with van der Waals surface area (Å²) in [7, 11) is -3.41. The van der Waals surface area contributed by atoms with E-state index in [1.807, 2.05) is 19.1 Å². The number of hydrogen-bond acceptors (Lipinski definition) is 3. The van der Waals surface area contributed by atoms with E-state index in [1.54, 1.807) is 16.4 Å². The summed E-state index contributed by atoms with van der Waals surface area (Å²) in [6.07, 6.45) is 3.88. The fourth-order valence-electron chi connectivity index (χ4n) is 4.18. The van der Waals surface area contributed by atoms with Crippen LogP contribution in [0.15, 0.2) is 41.3 Å². The monoisotopic (exact) mass is 442 g/mol. The predicted molar refractivity (Wildman–Crippen MR) is 125 cm³/mol. The van der Waals surface area contributed by atoms with Crippen LogP contribution in [0, 0.1) is 20.8 Å². The fourth-order valence-corrected chi connectivity index (χ4v) is 5.70. The molecule has 6 heteroatoms. The van der Waals surface area contributed by atoms with Gasteiger partial charge in [0.2, 0.25) is 15.9 Å². The number of nitrogens with one attached hydrogen (secondary N) is 1. The molecule has 1 amide bonds. The Kier molecular flexibility index (Phi) is 7.55. The zero-order chi connectivity index (χ0) is 22.6. The topological polar surface area (TPSA) is 66.5 Å². The smallest absolute Gasteiger partial charge is 0.243 e. The molecule has 1 aliphatic rings.